The van der Waals surface area contributed by atoms with E-state index in [0.717, 1.165) is 11.7 Å². The Kier molecular flexibility index (Phi) is 5.36. The van der Waals surface area contributed by atoms with Gasteiger partial charge < -0.3 is 9.08 Å². The Morgan fingerprint density at radius 2 is 1.80 bits per heavy atom. The zero-order valence-corrected chi connectivity index (χ0v) is 15.4. The standard InChI is InChI=1S/C18H22N2O.H3NO2S/c1-18(2)14(12-8-4-3-5-9-12)15(18)17-19-16(20-21-17)13-10-6-7-11-13;1-4(2)3/h3-5,8-9,13-15H,6-7,10-11H2,1-2H3;1H2,(H,2,3)/p-1/t14-,15+;/m0./s1. The zero-order valence-electron chi connectivity index (χ0n) is 14.6. The molecular weight excluding hydrogens is 338 g/mol. The van der Waals surface area contributed by atoms with E-state index in [1.807, 2.05) is 0 Å². The maximum Gasteiger partial charge on any atom is 0.230 e. The summed E-state index contributed by atoms with van der Waals surface area (Å²) in [7, 11) is 0. The summed E-state index contributed by atoms with van der Waals surface area (Å²) in [5.41, 5.74) is 1.59. The van der Waals surface area contributed by atoms with Crippen molar-refractivity contribution in [2.24, 2.45) is 10.6 Å². The molecule has 0 bridgehead atoms. The van der Waals surface area contributed by atoms with Crippen LogP contribution in [0.5, 0.6) is 0 Å². The van der Waals surface area contributed by atoms with E-state index in [-0.39, 0.29) is 5.41 Å². The number of aromatic nitrogens is 2. The molecule has 0 aliphatic heterocycles. The van der Waals surface area contributed by atoms with Gasteiger partial charge in [0.05, 0.1) is 5.92 Å². The normalized spacial score (nSPS) is 25.9. The van der Waals surface area contributed by atoms with Crippen molar-refractivity contribution in [2.45, 2.75) is 57.3 Å². The number of rotatable bonds is 3. The van der Waals surface area contributed by atoms with Gasteiger partial charge in [-0.15, -0.1) is 0 Å². The fraction of sp³-hybridized carbons (Fsp3) is 0.556. The molecular formula is C18H24N3O3S-. The second-order valence-electron chi connectivity index (χ2n) is 7.42. The van der Waals surface area contributed by atoms with Crippen molar-refractivity contribution >= 4 is 11.3 Å². The van der Waals surface area contributed by atoms with Gasteiger partial charge in [0.25, 0.3) is 0 Å². The third-order valence-electron chi connectivity index (χ3n) is 5.43. The van der Waals surface area contributed by atoms with Crippen LogP contribution in [0.25, 0.3) is 0 Å². The Bertz CT molecular complexity index is 722. The fourth-order valence-corrected chi connectivity index (χ4v) is 4.10. The van der Waals surface area contributed by atoms with E-state index in [1.165, 1.54) is 31.2 Å². The minimum atomic E-state index is -2.36. The molecule has 2 saturated carbocycles. The van der Waals surface area contributed by atoms with Gasteiger partial charge in [-0.3, -0.25) is 9.35 Å². The lowest BCUT2D eigenvalue weighted by atomic mass is 10.0. The molecule has 0 spiro atoms. The van der Waals surface area contributed by atoms with Crippen LogP contribution in [0, 0.1) is 5.41 Å². The molecule has 1 heterocycles. The van der Waals surface area contributed by atoms with E-state index >= 15 is 0 Å². The lowest BCUT2D eigenvalue weighted by molar-refractivity contribution is 0.360. The summed E-state index contributed by atoms with van der Waals surface area (Å²) in [4.78, 5) is 4.75. The molecule has 2 aromatic rings. The van der Waals surface area contributed by atoms with Gasteiger partial charge >= 0.3 is 0 Å². The monoisotopic (exact) mass is 362 g/mol. The Morgan fingerprint density at radius 1 is 1.20 bits per heavy atom. The van der Waals surface area contributed by atoms with Crippen molar-refractivity contribution in [1.82, 2.24) is 10.1 Å². The molecule has 1 aromatic heterocycles. The molecule has 1 unspecified atom stereocenters. The van der Waals surface area contributed by atoms with Crippen LogP contribution < -0.4 is 5.14 Å². The quantitative estimate of drug-likeness (QED) is 0.843. The Morgan fingerprint density at radius 3 is 2.40 bits per heavy atom. The summed E-state index contributed by atoms with van der Waals surface area (Å²) >= 11 is -2.36. The van der Waals surface area contributed by atoms with E-state index in [1.54, 1.807) is 0 Å². The smallest absolute Gasteiger partial charge is 0.230 e. The second-order valence-corrected chi connectivity index (χ2v) is 7.94. The predicted molar refractivity (Wildman–Crippen MR) is 94.3 cm³/mol. The van der Waals surface area contributed by atoms with Crippen LogP contribution in [0.2, 0.25) is 0 Å². The van der Waals surface area contributed by atoms with E-state index in [2.05, 4.69) is 54.5 Å². The van der Waals surface area contributed by atoms with Crippen molar-refractivity contribution in [1.29, 1.82) is 0 Å². The summed E-state index contributed by atoms with van der Waals surface area (Å²) in [6.07, 6.45) is 5.04. The van der Waals surface area contributed by atoms with Crippen LogP contribution in [0.4, 0.5) is 0 Å². The van der Waals surface area contributed by atoms with Crippen molar-refractivity contribution in [2.75, 3.05) is 0 Å². The lowest BCUT2D eigenvalue weighted by Crippen LogP contribution is -1.97. The van der Waals surface area contributed by atoms with Crippen molar-refractivity contribution < 1.29 is 13.3 Å². The third kappa shape index (κ3) is 3.99. The zero-order chi connectivity index (χ0) is 18.0. The van der Waals surface area contributed by atoms with Crippen LogP contribution in [0.15, 0.2) is 34.9 Å². The Balaban J connectivity index is 0.000000415. The summed E-state index contributed by atoms with van der Waals surface area (Å²) in [5, 5.41) is 8.29. The minimum Gasteiger partial charge on any atom is -0.760 e. The first-order chi connectivity index (χ1) is 11.9. The van der Waals surface area contributed by atoms with E-state index < -0.39 is 11.3 Å². The highest BCUT2D eigenvalue weighted by molar-refractivity contribution is 7.76. The summed E-state index contributed by atoms with van der Waals surface area (Å²) < 4.78 is 23.2. The molecule has 7 heteroatoms. The van der Waals surface area contributed by atoms with Crippen LogP contribution >= 0.6 is 0 Å². The number of hydrogen-bond acceptors (Lipinski definition) is 5. The average molecular weight is 362 g/mol. The number of benzene rings is 1. The molecule has 136 valence electrons. The van der Waals surface area contributed by atoms with E-state index in [4.69, 9.17) is 18.3 Å². The molecule has 2 aliphatic rings. The van der Waals surface area contributed by atoms with Crippen LogP contribution in [-0.2, 0) is 11.3 Å². The maximum atomic E-state index is 8.78. The van der Waals surface area contributed by atoms with Crippen LogP contribution in [0.1, 0.15) is 74.6 Å². The molecule has 2 fully saturated rings. The summed E-state index contributed by atoms with van der Waals surface area (Å²) in [5.74, 6) is 3.17. The Hall–Kier alpha value is -1.57. The molecule has 0 radical (unpaired) electrons. The molecule has 0 amide bonds. The van der Waals surface area contributed by atoms with Gasteiger partial charge in [0, 0.05) is 23.1 Å². The highest BCUT2D eigenvalue weighted by atomic mass is 32.2. The first-order valence-corrected chi connectivity index (χ1v) is 9.77. The van der Waals surface area contributed by atoms with Gasteiger partial charge in [-0.05, 0) is 23.8 Å². The van der Waals surface area contributed by atoms with E-state index in [0.29, 0.717) is 17.8 Å². The van der Waals surface area contributed by atoms with Crippen molar-refractivity contribution in [3.05, 3.63) is 47.6 Å². The molecule has 1 aromatic carbocycles. The van der Waals surface area contributed by atoms with Crippen molar-refractivity contribution in [3.63, 3.8) is 0 Å². The molecule has 25 heavy (non-hydrogen) atoms. The predicted octanol–water partition coefficient (Wildman–Crippen LogP) is 3.37. The van der Waals surface area contributed by atoms with Gasteiger partial charge in [0.2, 0.25) is 5.89 Å². The first kappa shape index (κ1) is 18.2. The first-order valence-electron chi connectivity index (χ1n) is 8.63. The largest absolute Gasteiger partial charge is 0.760 e. The topological polar surface area (TPSA) is 105 Å². The highest BCUT2D eigenvalue weighted by Gasteiger charge is 2.61. The number of nitrogens with two attached hydrogens (primary N) is 1. The van der Waals surface area contributed by atoms with Crippen LogP contribution in [-0.4, -0.2) is 18.9 Å². The highest BCUT2D eigenvalue weighted by Crippen LogP contribution is 2.69. The lowest BCUT2D eigenvalue weighted by Gasteiger charge is -2.01. The van der Waals surface area contributed by atoms with E-state index in [9.17, 15) is 0 Å². The van der Waals surface area contributed by atoms with Gasteiger partial charge in [0.15, 0.2) is 5.82 Å². The Labute approximate surface area is 150 Å². The molecule has 2 aliphatic carbocycles. The molecule has 0 saturated heterocycles. The summed E-state index contributed by atoms with van der Waals surface area (Å²) in [6.45, 7) is 4.60. The van der Waals surface area contributed by atoms with Gasteiger partial charge in [0.1, 0.15) is 0 Å². The van der Waals surface area contributed by atoms with Gasteiger partial charge in [-0.2, -0.15) is 4.98 Å². The average Bonchev–Trinajstić information content (AvgIpc) is 3.04. The van der Waals surface area contributed by atoms with Crippen LogP contribution in [0.3, 0.4) is 0 Å². The number of nitrogens with zero attached hydrogens (tertiary/aromatic N) is 2. The third-order valence-corrected chi connectivity index (χ3v) is 5.43. The minimum absolute atomic E-state index is 0.209. The molecule has 4 rings (SSSR count). The van der Waals surface area contributed by atoms with Gasteiger partial charge in [-0.25, -0.2) is 0 Å². The maximum absolute atomic E-state index is 8.78. The van der Waals surface area contributed by atoms with Crippen molar-refractivity contribution in [3.8, 4) is 0 Å². The number of hydrogen-bond donors (Lipinski definition) is 1. The second kappa shape index (κ2) is 7.35. The molecule has 6 nitrogen and oxygen atoms in total. The van der Waals surface area contributed by atoms with Gasteiger partial charge in [-0.1, -0.05) is 62.2 Å². The SMILES string of the molecule is CC1(C)[C@@H](c2ccccc2)[C@@H]1c1nc(C2CCCC2)no1.NS(=O)[O-]. The summed E-state index contributed by atoms with van der Waals surface area (Å²) in [6, 6.07) is 10.7. The molecule has 2 N–H and O–H groups in total. The molecule has 3 atom stereocenters. The fourth-order valence-electron chi connectivity index (χ4n) is 4.10.